The Balaban J connectivity index is 1.46. The molecule has 1 aromatic carbocycles. The molecule has 1 amide bonds. The molecule has 4 rings (SSSR count). The molecule has 3 atom stereocenters. The molecule has 1 aromatic heterocycles. The van der Waals surface area contributed by atoms with Crippen molar-refractivity contribution in [1.82, 2.24) is 15.0 Å². The third-order valence-corrected chi connectivity index (χ3v) is 5.10. The van der Waals surface area contributed by atoms with Crippen molar-refractivity contribution in [3.63, 3.8) is 0 Å². The van der Waals surface area contributed by atoms with E-state index in [2.05, 4.69) is 10.1 Å². The van der Waals surface area contributed by atoms with Crippen LogP contribution >= 0.6 is 0 Å². The van der Waals surface area contributed by atoms with E-state index >= 15 is 0 Å². The largest absolute Gasteiger partial charge is 0.380 e. The lowest BCUT2D eigenvalue weighted by Crippen LogP contribution is -2.33. The maximum atomic E-state index is 13.3. The Bertz CT molecular complexity index is 778. The number of carbonyl (C=O) groups excluding carboxylic acids is 1. The van der Waals surface area contributed by atoms with Crippen LogP contribution in [0.3, 0.4) is 0 Å². The summed E-state index contributed by atoms with van der Waals surface area (Å²) in [6.07, 6.45) is 0.211. The molecule has 0 saturated carbocycles. The Morgan fingerprint density at radius 1 is 1.36 bits per heavy atom. The SMILES string of the molecule is Cc1noc([C@H]2COC[C@@H]3CN(C(=O)Cc4cccc(F)c4)C[C@@H]32)n1. The van der Waals surface area contributed by atoms with Gasteiger partial charge in [0, 0.05) is 19.0 Å². The Kier molecular flexibility index (Phi) is 4.25. The number of carbonyl (C=O) groups is 1. The van der Waals surface area contributed by atoms with Crippen molar-refractivity contribution >= 4 is 5.91 Å². The number of aromatic nitrogens is 2. The predicted octanol–water partition coefficient (Wildman–Crippen LogP) is 1.95. The Hall–Kier alpha value is -2.28. The number of aryl methyl sites for hydroxylation is 1. The highest BCUT2D eigenvalue weighted by molar-refractivity contribution is 5.79. The van der Waals surface area contributed by atoms with Gasteiger partial charge in [-0.25, -0.2) is 4.39 Å². The van der Waals surface area contributed by atoms with E-state index in [1.54, 1.807) is 19.1 Å². The molecular weight excluding hydrogens is 325 g/mol. The van der Waals surface area contributed by atoms with Crippen LogP contribution < -0.4 is 0 Å². The number of hydrogen-bond donors (Lipinski definition) is 0. The number of nitrogens with zero attached hydrogens (tertiary/aromatic N) is 3. The summed E-state index contributed by atoms with van der Waals surface area (Å²) in [7, 11) is 0. The number of halogens is 1. The third kappa shape index (κ3) is 3.28. The van der Waals surface area contributed by atoms with Gasteiger partial charge in [0.1, 0.15) is 5.82 Å². The standard InChI is InChI=1S/C18H20FN3O3/c1-11-20-18(25-21-11)16-10-24-9-13-7-22(8-15(13)16)17(23)6-12-3-2-4-14(19)5-12/h2-5,13,15-16H,6-10H2,1H3/t13-,15-,16-/m0/s1. The number of rotatable bonds is 3. The molecule has 2 aliphatic rings. The van der Waals surface area contributed by atoms with E-state index in [1.807, 2.05) is 4.90 Å². The van der Waals surface area contributed by atoms with Crippen LogP contribution in [0, 0.1) is 24.6 Å². The molecule has 132 valence electrons. The third-order valence-electron chi connectivity index (χ3n) is 5.10. The zero-order valence-corrected chi connectivity index (χ0v) is 14.0. The average Bonchev–Trinajstić information content (AvgIpc) is 3.20. The quantitative estimate of drug-likeness (QED) is 0.850. The van der Waals surface area contributed by atoms with Gasteiger partial charge in [-0.15, -0.1) is 0 Å². The van der Waals surface area contributed by atoms with Crippen LogP contribution in [0.5, 0.6) is 0 Å². The minimum atomic E-state index is -0.319. The topological polar surface area (TPSA) is 68.5 Å². The van der Waals surface area contributed by atoms with Crippen LogP contribution in [0.25, 0.3) is 0 Å². The molecule has 0 unspecified atom stereocenters. The molecule has 0 aliphatic carbocycles. The fourth-order valence-electron chi connectivity index (χ4n) is 3.85. The van der Waals surface area contributed by atoms with E-state index in [-0.39, 0.29) is 35.9 Å². The first-order valence-electron chi connectivity index (χ1n) is 8.50. The molecule has 2 aromatic rings. The van der Waals surface area contributed by atoms with Gasteiger partial charge in [-0.3, -0.25) is 4.79 Å². The van der Waals surface area contributed by atoms with E-state index < -0.39 is 0 Å². The van der Waals surface area contributed by atoms with Crippen molar-refractivity contribution in [3.8, 4) is 0 Å². The summed E-state index contributed by atoms with van der Waals surface area (Å²) in [6.45, 7) is 4.26. The number of benzene rings is 1. The molecule has 2 aliphatic heterocycles. The van der Waals surface area contributed by atoms with Crippen molar-refractivity contribution in [1.29, 1.82) is 0 Å². The summed E-state index contributed by atoms with van der Waals surface area (Å²) >= 11 is 0. The van der Waals surface area contributed by atoms with Gasteiger partial charge in [0.15, 0.2) is 5.82 Å². The van der Waals surface area contributed by atoms with Crippen molar-refractivity contribution in [2.75, 3.05) is 26.3 Å². The van der Waals surface area contributed by atoms with Crippen LogP contribution in [0.1, 0.15) is 23.2 Å². The maximum absolute atomic E-state index is 13.3. The lowest BCUT2D eigenvalue weighted by molar-refractivity contribution is -0.129. The highest BCUT2D eigenvalue weighted by Gasteiger charge is 2.44. The number of ether oxygens (including phenoxy) is 1. The van der Waals surface area contributed by atoms with Crippen molar-refractivity contribution < 1.29 is 18.4 Å². The van der Waals surface area contributed by atoms with Gasteiger partial charge >= 0.3 is 0 Å². The molecule has 0 radical (unpaired) electrons. The van der Waals surface area contributed by atoms with Crippen LogP contribution in [-0.4, -0.2) is 47.3 Å². The molecule has 2 fully saturated rings. The first-order valence-corrected chi connectivity index (χ1v) is 8.50. The summed E-state index contributed by atoms with van der Waals surface area (Å²) < 4.78 is 24.3. The molecule has 0 spiro atoms. The molecule has 3 heterocycles. The normalized spacial score (nSPS) is 25.8. The van der Waals surface area contributed by atoms with Gasteiger partial charge < -0.3 is 14.2 Å². The number of hydrogen-bond acceptors (Lipinski definition) is 5. The fourth-order valence-corrected chi connectivity index (χ4v) is 3.85. The fraction of sp³-hybridized carbons (Fsp3) is 0.500. The van der Waals surface area contributed by atoms with Crippen LogP contribution in [0.4, 0.5) is 4.39 Å². The highest BCUT2D eigenvalue weighted by Crippen LogP contribution is 2.39. The van der Waals surface area contributed by atoms with Gasteiger partial charge in [0.05, 0.1) is 25.6 Å². The monoisotopic (exact) mass is 345 g/mol. The van der Waals surface area contributed by atoms with Crippen LogP contribution in [0.2, 0.25) is 0 Å². The lowest BCUT2D eigenvalue weighted by Gasteiger charge is -2.30. The molecule has 2 saturated heterocycles. The summed E-state index contributed by atoms with van der Waals surface area (Å²) in [5.74, 6) is 1.43. The Morgan fingerprint density at radius 2 is 2.24 bits per heavy atom. The highest BCUT2D eigenvalue weighted by atomic mass is 19.1. The minimum absolute atomic E-state index is 0.0143. The first kappa shape index (κ1) is 16.2. The number of amides is 1. The Labute approximate surface area is 145 Å². The molecular formula is C18H20FN3O3. The predicted molar refractivity (Wildman–Crippen MR) is 86.3 cm³/mol. The lowest BCUT2D eigenvalue weighted by atomic mass is 9.83. The van der Waals surface area contributed by atoms with Crippen LogP contribution in [0.15, 0.2) is 28.8 Å². The second-order valence-corrected chi connectivity index (χ2v) is 6.85. The van der Waals surface area contributed by atoms with E-state index in [9.17, 15) is 9.18 Å². The second kappa shape index (κ2) is 6.55. The maximum Gasteiger partial charge on any atom is 0.232 e. The Morgan fingerprint density at radius 3 is 3.00 bits per heavy atom. The molecule has 25 heavy (non-hydrogen) atoms. The van der Waals surface area contributed by atoms with Gasteiger partial charge in [0.2, 0.25) is 11.8 Å². The smallest absolute Gasteiger partial charge is 0.232 e. The van der Waals surface area contributed by atoms with Gasteiger partial charge in [0.25, 0.3) is 0 Å². The first-order chi connectivity index (χ1) is 12.1. The second-order valence-electron chi connectivity index (χ2n) is 6.85. The van der Waals surface area contributed by atoms with Gasteiger partial charge in [-0.1, -0.05) is 17.3 Å². The zero-order chi connectivity index (χ0) is 17.4. The van der Waals surface area contributed by atoms with E-state index in [1.165, 1.54) is 12.1 Å². The zero-order valence-electron chi connectivity index (χ0n) is 14.0. The molecule has 0 N–H and O–H groups in total. The average molecular weight is 345 g/mol. The van der Waals surface area contributed by atoms with Crippen molar-refractivity contribution in [2.24, 2.45) is 11.8 Å². The van der Waals surface area contributed by atoms with Gasteiger partial charge in [-0.05, 0) is 30.5 Å². The van der Waals surface area contributed by atoms with E-state index in [0.717, 1.165) is 0 Å². The summed E-state index contributed by atoms with van der Waals surface area (Å²) in [6, 6.07) is 6.20. The van der Waals surface area contributed by atoms with Crippen molar-refractivity contribution in [3.05, 3.63) is 47.4 Å². The minimum Gasteiger partial charge on any atom is -0.380 e. The van der Waals surface area contributed by atoms with Crippen molar-refractivity contribution in [2.45, 2.75) is 19.3 Å². The molecule has 0 bridgehead atoms. The van der Waals surface area contributed by atoms with E-state index in [4.69, 9.17) is 9.26 Å². The summed E-state index contributed by atoms with van der Waals surface area (Å²) in [5.41, 5.74) is 0.695. The van der Waals surface area contributed by atoms with Crippen LogP contribution in [-0.2, 0) is 16.0 Å². The van der Waals surface area contributed by atoms with Gasteiger partial charge in [-0.2, -0.15) is 4.98 Å². The summed E-state index contributed by atoms with van der Waals surface area (Å²) in [5, 5.41) is 3.87. The number of likely N-dealkylation sites (tertiary alicyclic amines) is 1. The molecule has 6 nitrogen and oxygen atoms in total. The summed E-state index contributed by atoms with van der Waals surface area (Å²) in [4.78, 5) is 18.8. The number of fused-ring (bicyclic) bond motifs is 1. The molecule has 7 heteroatoms. The van der Waals surface area contributed by atoms with E-state index in [0.29, 0.717) is 43.6 Å².